The zero-order chi connectivity index (χ0) is 11.5. The third kappa shape index (κ3) is 4.93. The average molecular weight is 216 g/mol. The molecule has 0 amide bonds. The molecule has 0 aromatic rings. The Balaban J connectivity index is 2.41. The Bertz CT molecular complexity index is 192. The number of ether oxygens (including phenoxy) is 1. The Morgan fingerprint density at radius 2 is 2.00 bits per heavy atom. The van der Waals surface area contributed by atoms with Gasteiger partial charge in [0, 0.05) is 19.1 Å². The van der Waals surface area contributed by atoms with Gasteiger partial charge in [0.15, 0.2) is 0 Å². The van der Waals surface area contributed by atoms with Gasteiger partial charge in [-0.1, -0.05) is 0 Å². The van der Waals surface area contributed by atoms with Crippen LogP contribution >= 0.6 is 0 Å². The molecule has 0 spiro atoms. The number of hydrogen-bond donors (Lipinski definition) is 2. The van der Waals surface area contributed by atoms with Crippen LogP contribution in [0.15, 0.2) is 0 Å². The number of aliphatic hydroxyl groups is 1. The van der Waals surface area contributed by atoms with Crippen LogP contribution < -0.4 is 5.73 Å². The van der Waals surface area contributed by atoms with E-state index in [9.17, 15) is 5.11 Å². The van der Waals surface area contributed by atoms with Crippen LogP contribution in [-0.4, -0.2) is 41.2 Å². The van der Waals surface area contributed by atoms with E-state index in [1.807, 2.05) is 25.7 Å². The highest BCUT2D eigenvalue weighted by Crippen LogP contribution is 2.16. The van der Waals surface area contributed by atoms with Crippen LogP contribution in [0, 0.1) is 0 Å². The first kappa shape index (κ1) is 12.9. The van der Waals surface area contributed by atoms with Gasteiger partial charge in [0.05, 0.1) is 5.60 Å². The predicted octanol–water partition coefficient (Wildman–Crippen LogP) is 0.891. The molecule has 15 heavy (non-hydrogen) atoms. The molecule has 0 aromatic carbocycles. The lowest BCUT2D eigenvalue weighted by Gasteiger charge is -2.31. The lowest BCUT2D eigenvalue weighted by Crippen LogP contribution is -2.42. The van der Waals surface area contributed by atoms with Crippen molar-refractivity contribution in [1.82, 2.24) is 4.90 Å². The third-order valence-corrected chi connectivity index (χ3v) is 2.58. The first-order valence-electron chi connectivity index (χ1n) is 5.74. The lowest BCUT2D eigenvalue weighted by molar-refractivity contribution is -0.238. The summed E-state index contributed by atoms with van der Waals surface area (Å²) in [5.74, 6) is 0. The predicted molar refractivity (Wildman–Crippen MR) is 60.2 cm³/mol. The van der Waals surface area contributed by atoms with E-state index in [2.05, 4.69) is 0 Å². The van der Waals surface area contributed by atoms with E-state index in [0.29, 0.717) is 0 Å². The fourth-order valence-electron chi connectivity index (χ4n) is 1.76. The summed E-state index contributed by atoms with van der Waals surface area (Å²) in [6, 6.07) is 0.275. The molecule has 0 bridgehead atoms. The quantitative estimate of drug-likeness (QED) is 0.673. The van der Waals surface area contributed by atoms with Crippen molar-refractivity contribution in [3.8, 4) is 0 Å². The highest BCUT2D eigenvalue weighted by atomic mass is 16.6. The molecule has 1 aliphatic heterocycles. The van der Waals surface area contributed by atoms with Crippen LogP contribution in [-0.2, 0) is 4.74 Å². The molecule has 3 N–H and O–H groups in total. The van der Waals surface area contributed by atoms with E-state index in [1.165, 1.54) is 0 Å². The van der Waals surface area contributed by atoms with Gasteiger partial charge in [-0.25, -0.2) is 0 Å². The second-order valence-electron chi connectivity index (χ2n) is 5.28. The van der Waals surface area contributed by atoms with Crippen LogP contribution in [0.5, 0.6) is 0 Å². The van der Waals surface area contributed by atoms with Crippen LogP contribution in [0.3, 0.4) is 0 Å². The van der Waals surface area contributed by atoms with Crippen molar-refractivity contribution in [3.63, 3.8) is 0 Å². The molecule has 1 saturated heterocycles. The molecule has 0 aliphatic carbocycles. The number of nitrogens with zero attached hydrogens (tertiary/aromatic N) is 1. The molecule has 2 unspecified atom stereocenters. The Labute approximate surface area is 92.4 Å². The minimum atomic E-state index is -0.796. The molecule has 0 saturated carbocycles. The molecule has 1 aliphatic rings. The van der Waals surface area contributed by atoms with Gasteiger partial charge in [0.25, 0.3) is 0 Å². The normalized spacial score (nSPS) is 27.4. The van der Waals surface area contributed by atoms with Crippen molar-refractivity contribution in [2.45, 2.75) is 58.1 Å². The summed E-state index contributed by atoms with van der Waals surface area (Å²) < 4.78 is 5.51. The van der Waals surface area contributed by atoms with E-state index in [4.69, 9.17) is 10.5 Å². The van der Waals surface area contributed by atoms with Crippen LogP contribution in [0.2, 0.25) is 0 Å². The molecule has 4 nitrogen and oxygen atoms in total. The zero-order valence-electron chi connectivity index (χ0n) is 10.1. The largest absolute Gasteiger partial charge is 0.356 e. The maximum Gasteiger partial charge on any atom is 0.216 e. The van der Waals surface area contributed by atoms with Crippen molar-refractivity contribution in [3.05, 3.63) is 0 Å². The van der Waals surface area contributed by atoms with Gasteiger partial charge in [0.2, 0.25) is 6.41 Å². The number of aliphatic hydroxyl groups excluding tert-OH is 1. The number of hydrogen-bond acceptors (Lipinski definition) is 4. The van der Waals surface area contributed by atoms with Gasteiger partial charge < -0.3 is 15.6 Å². The highest BCUT2D eigenvalue weighted by molar-refractivity contribution is 4.72. The molecule has 0 radical (unpaired) electrons. The zero-order valence-corrected chi connectivity index (χ0v) is 10.1. The minimum absolute atomic E-state index is 0.275. The molecule has 1 heterocycles. The number of likely N-dealkylation sites (tertiary alicyclic amines) is 1. The summed E-state index contributed by atoms with van der Waals surface area (Å²) >= 11 is 0. The Kier molecular flexibility index (Phi) is 4.52. The number of nitrogens with two attached hydrogens (primary N) is 1. The van der Waals surface area contributed by atoms with Gasteiger partial charge in [-0.05, 0) is 40.0 Å². The van der Waals surface area contributed by atoms with Gasteiger partial charge in [-0.2, -0.15) is 0 Å². The monoisotopic (exact) mass is 216 g/mol. The van der Waals surface area contributed by atoms with E-state index >= 15 is 0 Å². The van der Waals surface area contributed by atoms with E-state index in [1.54, 1.807) is 0 Å². The minimum Gasteiger partial charge on any atom is -0.356 e. The molecule has 90 valence electrons. The number of rotatable bonds is 2. The van der Waals surface area contributed by atoms with E-state index < -0.39 is 6.41 Å². The molecular formula is C11H24N2O2. The smallest absolute Gasteiger partial charge is 0.216 e. The Hall–Kier alpha value is -0.160. The second-order valence-corrected chi connectivity index (χ2v) is 5.28. The molecule has 4 heteroatoms. The van der Waals surface area contributed by atoms with Crippen LogP contribution in [0.4, 0.5) is 0 Å². The summed E-state index contributed by atoms with van der Waals surface area (Å²) in [7, 11) is 0. The summed E-state index contributed by atoms with van der Waals surface area (Å²) in [4.78, 5) is 1.96. The standard InChI is InChI=1S/C11H24N2O2/c1-11(2,3)15-10(14)13-7-4-5-9(12)6-8-13/h9-10,14H,4-8,12H2,1-3H3. The van der Waals surface area contributed by atoms with E-state index in [-0.39, 0.29) is 11.6 Å². The van der Waals surface area contributed by atoms with E-state index in [0.717, 1.165) is 32.4 Å². The maximum absolute atomic E-state index is 9.88. The molecular weight excluding hydrogens is 192 g/mol. The van der Waals surface area contributed by atoms with Gasteiger partial charge in [0.1, 0.15) is 0 Å². The Morgan fingerprint density at radius 3 is 2.60 bits per heavy atom. The van der Waals surface area contributed by atoms with Gasteiger partial charge in [-0.15, -0.1) is 0 Å². The van der Waals surface area contributed by atoms with Gasteiger partial charge >= 0.3 is 0 Å². The first-order chi connectivity index (χ1) is 6.88. The molecule has 2 atom stereocenters. The van der Waals surface area contributed by atoms with Crippen molar-refractivity contribution in [1.29, 1.82) is 0 Å². The van der Waals surface area contributed by atoms with Crippen molar-refractivity contribution in [2.24, 2.45) is 5.73 Å². The maximum atomic E-state index is 9.88. The highest BCUT2D eigenvalue weighted by Gasteiger charge is 2.24. The van der Waals surface area contributed by atoms with Crippen LogP contribution in [0.25, 0.3) is 0 Å². The topological polar surface area (TPSA) is 58.7 Å². The van der Waals surface area contributed by atoms with Crippen molar-refractivity contribution in [2.75, 3.05) is 13.1 Å². The third-order valence-electron chi connectivity index (χ3n) is 2.58. The summed E-state index contributed by atoms with van der Waals surface area (Å²) in [5.41, 5.74) is 5.56. The van der Waals surface area contributed by atoms with Crippen molar-refractivity contribution < 1.29 is 9.84 Å². The molecule has 1 rings (SSSR count). The average Bonchev–Trinajstić information content (AvgIpc) is 2.26. The summed E-state index contributed by atoms with van der Waals surface area (Å²) in [5, 5.41) is 9.88. The fourth-order valence-corrected chi connectivity index (χ4v) is 1.76. The summed E-state index contributed by atoms with van der Waals surface area (Å²) in [6.45, 7) is 7.52. The lowest BCUT2D eigenvalue weighted by atomic mass is 10.1. The van der Waals surface area contributed by atoms with Crippen molar-refractivity contribution >= 4 is 0 Å². The Morgan fingerprint density at radius 1 is 1.33 bits per heavy atom. The fraction of sp³-hybridized carbons (Fsp3) is 1.00. The molecule has 0 aromatic heterocycles. The summed E-state index contributed by atoms with van der Waals surface area (Å²) in [6.07, 6.45) is 2.21. The van der Waals surface area contributed by atoms with Crippen LogP contribution in [0.1, 0.15) is 40.0 Å². The first-order valence-corrected chi connectivity index (χ1v) is 5.74. The van der Waals surface area contributed by atoms with Gasteiger partial charge in [-0.3, -0.25) is 4.90 Å². The SMILES string of the molecule is CC(C)(C)OC(O)N1CCCC(N)CC1. The second kappa shape index (κ2) is 5.25. The molecule has 1 fully saturated rings.